The van der Waals surface area contributed by atoms with Crippen molar-refractivity contribution in [3.8, 4) is 0 Å². The third-order valence-electron chi connectivity index (χ3n) is 4.14. The molecule has 0 atom stereocenters. The Morgan fingerprint density at radius 2 is 2.00 bits per heavy atom. The number of carbonyl (C=O) groups excluding carboxylic acids is 1. The number of thiophene rings is 1. The number of nitrogens with one attached hydrogen (secondary N) is 1. The van der Waals surface area contributed by atoms with E-state index in [0.29, 0.717) is 13.0 Å². The Kier molecular flexibility index (Phi) is 6.69. The van der Waals surface area contributed by atoms with Gasteiger partial charge in [0.15, 0.2) is 0 Å². The van der Waals surface area contributed by atoms with E-state index in [9.17, 15) is 4.79 Å². The zero-order valence-electron chi connectivity index (χ0n) is 13.2. The topological polar surface area (TPSA) is 55.1 Å². The van der Waals surface area contributed by atoms with Crippen molar-refractivity contribution in [2.24, 2.45) is 5.73 Å². The van der Waals surface area contributed by atoms with Gasteiger partial charge in [-0.1, -0.05) is 13.8 Å². The number of aryl methyl sites for hydroxylation is 3. The molecule has 114 valence electrons. The van der Waals surface area contributed by atoms with Gasteiger partial charge in [-0.25, -0.2) is 0 Å². The van der Waals surface area contributed by atoms with Gasteiger partial charge in [-0.3, -0.25) is 4.79 Å². The summed E-state index contributed by atoms with van der Waals surface area (Å²) in [4.78, 5) is 14.8. The summed E-state index contributed by atoms with van der Waals surface area (Å²) in [6, 6.07) is 2.24. The van der Waals surface area contributed by atoms with E-state index in [0.717, 1.165) is 25.7 Å². The van der Waals surface area contributed by atoms with Crippen molar-refractivity contribution in [2.75, 3.05) is 6.54 Å². The molecule has 3 nitrogen and oxygen atoms in total. The molecule has 1 heterocycles. The average molecular weight is 296 g/mol. The first-order valence-corrected chi connectivity index (χ1v) is 8.35. The highest BCUT2D eigenvalue weighted by Crippen LogP contribution is 2.22. The Hall–Kier alpha value is -0.870. The molecule has 0 spiro atoms. The van der Waals surface area contributed by atoms with Crippen LogP contribution in [0.3, 0.4) is 0 Å². The van der Waals surface area contributed by atoms with E-state index in [2.05, 4.69) is 39.1 Å². The highest BCUT2D eigenvalue weighted by atomic mass is 32.1. The lowest BCUT2D eigenvalue weighted by Crippen LogP contribution is -2.52. The van der Waals surface area contributed by atoms with Crippen LogP contribution in [0.2, 0.25) is 0 Å². The van der Waals surface area contributed by atoms with E-state index in [-0.39, 0.29) is 11.4 Å². The second-order valence-corrected chi connectivity index (χ2v) is 6.99. The molecule has 4 heteroatoms. The minimum absolute atomic E-state index is 0.128. The molecule has 0 unspecified atom stereocenters. The fourth-order valence-electron chi connectivity index (χ4n) is 2.50. The molecule has 0 aliphatic rings. The summed E-state index contributed by atoms with van der Waals surface area (Å²) < 4.78 is 0. The number of carbonyl (C=O) groups is 1. The van der Waals surface area contributed by atoms with E-state index >= 15 is 0 Å². The zero-order valence-corrected chi connectivity index (χ0v) is 14.0. The Bertz CT molecular complexity index is 427. The average Bonchev–Trinajstić information content (AvgIpc) is 2.74. The second-order valence-electron chi connectivity index (χ2n) is 5.53. The highest BCUT2D eigenvalue weighted by Gasteiger charge is 2.25. The van der Waals surface area contributed by atoms with Crippen LogP contribution in [-0.4, -0.2) is 18.0 Å². The summed E-state index contributed by atoms with van der Waals surface area (Å²) in [5, 5.41) is 3.12. The molecule has 1 aromatic heterocycles. The van der Waals surface area contributed by atoms with Crippen LogP contribution in [0, 0.1) is 13.8 Å². The highest BCUT2D eigenvalue weighted by molar-refractivity contribution is 7.12. The molecule has 0 fully saturated rings. The maximum atomic E-state index is 12.1. The van der Waals surface area contributed by atoms with Crippen molar-refractivity contribution in [1.29, 1.82) is 0 Å². The summed E-state index contributed by atoms with van der Waals surface area (Å²) in [5.41, 5.74) is 6.98. The number of amides is 1. The maximum Gasteiger partial charge on any atom is 0.220 e. The van der Waals surface area contributed by atoms with Crippen molar-refractivity contribution in [3.63, 3.8) is 0 Å². The Morgan fingerprint density at radius 1 is 1.35 bits per heavy atom. The zero-order chi connectivity index (χ0) is 15.2. The monoisotopic (exact) mass is 296 g/mol. The summed E-state index contributed by atoms with van der Waals surface area (Å²) >= 11 is 1.83. The van der Waals surface area contributed by atoms with Gasteiger partial charge in [-0.2, -0.15) is 0 Å². The summed E-state index contributed by atoms with van der Waals surface area (Å²) in [5.74, 6) is 0.128. The number of rotatable bonds is 8. The number of nitrogens with two attached hydrogens (primary N) is 1. The third-order valence-corrected chi connectivity index (χ3v) is 5.15. The van der Waals surface area contributed by atoms with Gasteiger partial charge in [0.1, 0.15) is 0 Å². The third kappa shape index (κ3) is 4.60. The van der Waals surface area contributed by atoms with Crippen LogP contribution in [0.5, 0.6) is 0 Å². The molecule has 20 heavy (non-hydrogen) atoms. The van der Waals surface area contributed by atoms with E-state index < -0.39 is 0 Å². The van der Waals surface area contributed by atoms with Gasteiger partial charge in [0, 0.05) is 22.7 Å². The lowest BCUT2D eigenvalue weighted by atomic mass is 9.92. The first-order valence-electron chi connectivity index (χ1n) is 7.53. The van der Waals surface area contributed by atoms with Gasteiger partial charge in [-0.05, 0) is 51.2 Å². The van der Waals surface area contributed by atoms with Crippen molar-refractivity contribution in [2.45, 2.75) is 65.3 Å². The van der Waals surface area contributed by atoms with Gasteiger partial charge >= 0.3 is 0 Å². The van der Waals surface area contributed by atoms with Crippen LogP contribution in [-0.2, 0) is 11.2 Å². The Balaban J connectivity index is 2.42. The van der Waals surface area contributed by atoms with Crippen LogP contribution in [0.25, 0.3) is 0 Å². The molecule has 0 bridgehead atoms. The van der Waals surface area contributed by atoms with E-state index in [1.807, 2.05) is 11.3 Å². The van der Waals surface area contributed by atoms with Crippen molar-refractivity contribution < 1.29 is 4.79 Å². The minimum atomic E-state index is -0.216. The molecule has 0 radical (unpaired) electrons. The predicted octanol–water partition coefficient (Wildman–Crippen LogP) is 3.32. The quantitative estimate of drug-likeness (QED) is 0.773. The molecule has 0 aromatic carbocycles. The standard InChI is InChI=1S/C16H28N2OS/c1-5-16(6-2,11-17)18-15(19)9-7-8-14-10-12(3)20-13(14)4/h10H,5-9,11,17H2,1-4H3,(H,18,19). The van der Waals surface area contributed by atoms with Crippen molar-refractivity contribution in [3.05, 3.63) is 21.4 Å². The predicted molar refractivity (Wildman–Crippen MR) is 87.2 cm³/mol. The molecule has 0 saturated heterocycles. The SMILES string of the molecule is CCC(CC)(CN)NC(=O)CCCc1cc(C)sc1C. The first kappa shape index (κ1) is 17.2. The number of hydrogen-bond donors (Lipinski definition) is 2. The van der Waals surface area contributed by atoms with E-state index in [1.54, 1.807) is 0 Å². The molecular weight excluding hydrogens is 268 g/mol. The van der Waals surface area contributed by atoms with Crippen LogP contribution in [0.15, 0.2) is 6.07 Å². The van der Waals surface area contributed by atoms with Crippen LogP contribution in [0.1, 0.15) is 54.8 Å². The smallest absolute Gasteiger partial charge is 0.220 e. The fourth-order valence-corrected chi connectivity index (χ4v) is 3.47. The van der Waals surface area contributed by atoms with Crippen molar-refractivity contribution in [1.82, 2.24) is 5.32 Å². The molecule has 1 rings (SSSR count). The Labute approximate surface area is 127 Å². The summed E-state index contributed by atoms with van der Waals surface area (Å²) in [6.45, 7) is 8.95. The fraction of sp³-hybridized carbons (Fsp3) is 0.688. The molecule has 0 aliphatic carbocycles. The minimum Gasteiger partial charge on any atom is -0.349 e. The van der Waals surface area contributed by atoms with Gasteiger partial charge in [-0.15, -0.1) is 11.3 Å². The van der Waals surface area contributed by atoms with Crippen LogP contribution in [0.4, 0.5) is 0 Å². The number of hydrogen-bond acceptors (Lipinski definition) is 3. The molecule has 3 N–H and O–H groups in total. The van der Waals surface area contributed by atoms with Gasteiger partial charge in [0.25, 0.3) is 0 Å². The van der Waals surface area contributed by atoms with E-state index in [1.165, 1.54) is 15.3 Å². The van der Waals surface area contributed by atoms with E-state index in [4.69, 9.17) is 5.73 Å². The second kappa shape index (κ2) is 7.79. The van der Waals surface area contributed by atoms with Crippen LogP contribution < -0.4 is 11.1 Å². The molecular formula is C16H28N2OS. The van der Waals surface area contributed by atoms with Crippen LogP contribution >= 0.6 is 11.3 Å². The molecule has 1 aromatic rings. The van der Waals surface area contributed by atoms with Crippen molar-refractivity contribution >= 4 is 17.2 Å². The van der Waals surface area contributed by atoms with Gasteiger partial charge in [0.05, 0.1) is 5.54 Å². The normalized spacial score (nSPS) is 11.7. The summed E-state index contributed by atoms with van der Waals surface area (Å²) in [7, 11) is 0. The molecule has 0 saturated carbocycles. The lowest BCUT2D eigenvalue weighted by molar-refractivity contribution is -0.123. The first-order chi connectivity index (χ1) is 9.46. The van der Waals surface area contributed by atoms with Gasteiger partial charge < -0.3 is 11.1 Å². The maximum absolute atomic E-state index is 12.1. The summed E-state index contributed by atoms with van der Waals surface area (Å²) in [6.07, 6.45) is 4.23. The largest absolute Gasteiger partial charge is 0.349 e. The lowest BCUT2D eigenvalue weighted by Gasteiger charge is -2.31. The Morgan fingerprint density at radius 3 is 2.45 bits per heavy atom. The molecule has 1 amide bonds. The van der Waals surface area contributed by atoms with Gasteiger partial charge in [0.2, 0.25) is 5.91 Å². The molecule has 0 aliphatic heterocycles.